The lowest BCUT2D eigenvalue weighted by Crippen LogP contribution is -2.15. The van der Waals surface area contributed by atoms with Crippen LogP contribution in [0, 0.1) is 17.2 Å². The summed E-state index contributed by atoms with van der Waals surface area (Å²) in [4.78, 5) is 11.8. The van der Waals surface area contributed by atoms with Crippen LogP contribution in [-0.4, -0.2) is 19.5 Å². The third-order valence-corrected chi connectivity index (χ3v) is 4.97. The van der Waals surface area contributed by atoms with Crippen LogP contribution in [0.15, 0.2) is 37.1 Å². The molecule has 0 bridgehead atoms. The molecule has 0 spiro atoms. The van der Waals surface area contributed by atoms with Gasteiger partial charge in [0.1, 0.15) is 12.0 Å². The minimum absolute atomic E-state index is 0.278. The van der Waals surface area contributed by atoms with Gasteiger partial charge < -0.3 is 9.55 Å². The number of nitrogens with zero attached hydrogens (tertiary/aromatic N) is 4. The Labute approximate surface area is 135 Å². The molecule has 0 radical (unpaired) electrons. The SMILES string of the molecule is N#CC[C@H](C1CCCC1)n1ccc(-c2ncnc3[nH]ccc23)c1. The zero-order chi connectivity index (χ0) is 15.6. The average Bonchev–Trinajstić information content (AvgIpc) is 3.32. The summed E-state index contributed by atoms with van der Waals surface area (Å²) in [6.45, 7) is 0. The lowest BCUT2D eigenvalue weighted by molar-refractivity contribution is 0.340. The van der Waals surface area contributed by atoms with Crippen molar-refractivity contribution in [2.75, 3.05) is 0 Å². The van der Waals surface area contributed by atoms with Crippen LogP contribution in [0.1, 0.15) is 38.1 Å². The second-order valence-electron chi connectivity index (χ2n) is 6.28. The largest absolute Gasteiger partial charge is 0.349 e. The lowest BCUT2D eigenvalue weighted by Gasteiger charge is -2.22. The Kier molecular flexibility index (Phi) is 3.58. The molecular weight excluding hydrogens is 286 g/mol. The molecular formula is C18H19N5. The lowest BCUT2D eigenvalue weighted by atomic mass is 9.95. The Balaban J connectivity index is 1.70. The highest BCUT2D eigenvalue weighted by atomic mass is 15.0. The van der Waals surface area contributed by atoms with Crippen LogP contribution >= 0.6 is 0 Å². The number of fused-ring (bicyclic) bond motifs is 1. The molecule has 1 aliphatic carbocycles. The maximum absolute atomic E-state index is 9.21. The van der Waals surface area contributed by atoms with E-state index in [1.54, 1.807) is 6.33 Å². The molecule has 1 saturated carbocycles. The molecule has 1 N–H and O–H groups in total. The van der Waals surface area contributed by atoms with Crippen molar-refractivity contribution in [1.82, 2.24) is 19.5 Å². The van der Waals surface area contributed by atoms with E-state index >= 15 is 0 Å². The van der Waals surface area contributed by atoms with E-state index in [4.69, 9.17) is 0 Å². The van der Waals surface area contributed by atoms with Crippen LogP contribution < -0.4 is 0 Å². The van der Waals surface area contributed by atoms with E-state index in [0.717, 1.165) is 22.3 Å². The normalized spacial score (nSPS) is 16.7. The predicted octanol–water partition coefficient (Wildman–Crippen LogP) is 4.07. The summed E-state index contributed by atoms with van der Waals surface area (Å²) in [7, 11) is 0. The minimum Gasteiger partial charge on any atom is -0.349 e. The molecule has 5 heteroatoms. The molecule has 1 atom stereocenters. The van der Waals surface area contributed by atoms with E-state index in [-0.39, 0.29) is 6.04 Å². The van der Waals surface area contributed by atoms with Crippen molar-refractivity contribution >= 4 is 11.0 Å². The van der Waals surface area contributed by atoms with Crippen molar-refractivity contribution < 1.29 is 0 Å². The van der Waals surface area contributed by atoms with Gasteiger partial charge in [0.2, 0.25) is 0 Å². The summed E-state index contributed by atoms with van der Waals surface area (Å²) in [6, 6.07) is 6.74. The first-order valence-electron chi connectivity index (χ1n) is 8.19. The summed E-state index contributed by atoms with van der Waals surface area (Å²) in [5.74, 6) is 0.618. The first kappa shape index (κ1) is 14.0. The first-order chi connectivity index (χ1) is 11.4. The molecule has 3 aromatic rings. The molecule has 1 aliphatic rings. The third-order valence-electron chi connectivity index (χ3n) is 4.97. The van der Waals surface area contributed by atoms with Crippen molar-refractivity contribution in [2.45, 2.75) is 38.1 Å². The number of H-pyrrole nitrogens is 1. The van der Waals surface area contributed by atoms with Crippen molar-refractivity contribution in [3.05, 3.63) is 37.1 Å². The monoisotopic (exact) mass is 305 g/mol. The van der Waals surface area contributed by atoms with Crippen molar-refractivity contribution in [3.63, 3.8) is 0 Å². The quantitative estimate of drug-likeness (QED) is 0.789. The number of rotatable bonds is 4. The molecule has 0 amide bonds. The molecule has 23 heavy (non-hydrogen) atoms. The molecule has 5 nitrogen and oxygen atoms in total. The molecule has 0 saturated heterocycles. The Morgan fingerprint density at radius 3 is 3.00 bits per heavy atom. The maximum Gasteiger partial charge on any atom is 0.141 e. The van der Waals surface area contributed by atoms with E-state index in [2.05, 4.69) is 44.0 Å². The second-order valence-corrected chi connectivity index (χ2v) is 6.28. The highest BCUT2D eigenvalue weighted by Gasteiger charge is 2.26. The summed E-state index contributed by atoms with van der Waals surface area (Å²) in [5, 5.41) is 10.2. The molecule has 0 unspecified atom stereocenters. The van der Waals surface area contributed by atoms with E-state index in [9.17, 15) is 5.26 Å². The molecule has 0 aliphatic heterocycles. The van der Waals surface area contributed by atoms with Crippen molar-refractivity contribution in [2.24, 2.45) is 5.92 Å². The molecule has 3 heterocycles. The number of aromatic amines is 1. The Bertz CT molecular complexity index is 848. The van der Waals surface area contributed by atoms with E-state index in [0.29, 0.717) is 12.3 Å². The van der Waals surface area contributed by atoms with E-state index in [1.165, 1.54) is 25.7 Å². The molecule has 4 rings (SSSR count). The van der Waals surface area contributed by atoms with Gasteiger partial charge in [-0.05, 0) is 30.9 Å². The van der Waals surface area contributed by atoms with Crippen LogP contribution in [0.3, 0.4) is 0 Å². The van der Waals surface area contributed by atoms with Gasteiger partial charge in [0.25, 0.3) is 0 Å². The van der Waals surface area contributed by atoms with Gasteiger partial charge in [0, 0.05) is 35.6 Å². The third kappa shape index (κ3) is 2.50. The Hall–Kier alpha value is -2.61. The number of aromatic nitrogens is 4. The topological polar surface area (TPSA) is 70.3 Å². The Morgan fingerprint density at radius 2 is 2.17 bits per heavy atom. The summed E-state index contributed by atoms with van der Waals surface area (Å²) in [6.07, 6.45) is 13.3. The number of nitrogens with one attached hydrogen (secondary N) is 1. The first-order valence-corrected chi connectivity index (χ1v) is 8.19. The fourth-order valence-corrected chi connectivity index (χ4v) is 3.81. The van der Waals surface area contributed by atoms with Gasteiger partial charge in [-0.2, -0.15) is 5.26 Å². The van der Waals surface area contributed by atoms with Gasteiger partial charge in [-0.25, -0.2) is 9.97 Å². The van der Waals surface area contributed by atoms with Gasteiger partial charge >= 0.3 is 0 Å². The standard InChI is InChI=1S/C18H19N5/c19-8-5-16(13-3-1-2-4-13)23-10-7-14(11-23)17-15-6-9-20-18(15)22-12-21-17/h6-7,9-13,16H,1-5H2,(H,20,21,22)/t16-/m1/s1. The summed E-state index contributed by atoms with van der Waals surface area (Å²) in [5.41, 5.74) is 2.88. The smallest absolute Gasteiger partial charge is 0.141 e. The highest BCUT2D eigenvalue weighted by Crippen LogP contribution is 2.37. The molecule has 3 aromatic heterocycles. The highest BCUT2D eigenvalue weighted by molar-refractivity contribution is 5.90. The van der Waals surface area contributed by atoms with E-state index < -0.39 is 0 Å². The van der Waals surface area contributed by atoms with Gasteiger partial charge in [-0.15, -0.1) is 0 Å². The summed E-state index contributed by atoms with van der Waals surface area (Å²) >= 11 is 0. The molecule has 1 fully saturated rings. The van der Waals surface area contributed by atoms with Crippen LogP contribution in [0.25, 0.3) is 22.3 Å². The second kappa shape index (κ2) is 5.88. The summed E-state index contributed by atoms with van der Waals surface area (Å²) < 4.78 is 2.22. The van der Waals surface area contributed by atoms with Crippen LogP contribution in [0.4, 0.5) is 0 Å². The van der Waals surface area contributed by atoms with Crippen molar-refractivity contribution in [1.29, 1.82) is 5.26 Å². The van der Waals surface area contributed by atoms with Gasteiger partial charge in [0.15, 0.2) is 0 Å². The van der Waals surface area contributed by atoms with E-state index in [1.807, 2.05) is 12.3 Å². The molecule has 0 aromatic carbocycles. The van der Waals surface area contributed by atoms with Gasteiger partial charge in [-0.1, -0.05) is 12.8 Å². The fourth-order valence-electron chi connectivity index (χ4n) is 3.81. The van der Waals surface area contributed by atoms with Gasteiger partial charge in [-0.3, -0.25) is 0 Å². The molecule has 116 valence electrons. The van der Waals surface area contributed by atoms with Gasteiger partial charge in [0.05, 0.1) is 18.2 Å². The van der Waals surface area contributed by atoms with Crippen LogP contribution in [0.5, 0.6) is 0 Å². The minimum atomic E-state index is 0.278. The number of nitriles is 1. The Morgan fingerprint density at radius 1 is 1.30 bits per heavy atom. The predicted molar refractivity (Wildman–Crippen MR) is 88.5 cm³/mol. The van der Waals surface area contributed by atoms with Crippen molar-refractivity contribution in [3.8, 4) is 17.3 Å². The zero-order valence-electron chi connectivity index (χ0n) is 12.9. The maximum atomic E-state index is 9.21. The zero-order valence-corrected chi connectivity index (χ0v) is 12.9. The fraction of sp³-hybridized carbons (Fsp3) is 0.389. The number of hydrogen-bond donors (Lipinski definition) is 1. The van der Waals surface area contributed by atoms with Crippen LogP contribution in [-0.2, 0) is 0 Å². The number of hydrogen-bond acceptors (Lipinski definition) is 3. The van der Waals surface area contributed by atoms with Crippen LogP contribution in [0.2, 0.25) is 0 Å². The average molecular weight is 305 g/mol.